The van der Waals surface area contributed by atoms with Gasteiger partial charge in [0.1, 0.15) is 11.8 Å². The lowest BCUT2D eigenvalue weighted by atomic mass is 10.1. The molecule has 8 heteroatoms. The topological polar surface area (TPSA) is 97.6 Å². The Kier molecular flexibility index (Phi) is 5.47. The van der Waals surface area contributed by atoms with Gasteiger partial charge in [0.2, 0.25) is 17.6 Å². The van der Waals surface area contributed by atoms with E-state index in [0.29, 0.717) is 35.3 Å². The number of likely N-dealkylation sites (tertiary alicyclic amines) is 1. The smallest absolute Gasteiger partial charge is 0.254 e. The zero-order valence-corrected chi connectivity index (χ0v) is 16.8. The van der Waals surface area contributed by atoms with E-state index in [2.05, 4.69) is 15.5 Å². The van der Waals surface area contributed by atoms with Gasteiger partial charge >= 0.3 is 0 Å². The molecule has 0 bridgehead atoms. The Morgan fingerprint density at radius 3 is 2.67 bits per heavy atom. The summed E-state index contributed by atoms with van der Waals surface area (Å²) in [5, 5.41) is 6.80. The molecule has 1 aliphatic heterocycles. The van der Waals surface area contributed by atoms with Gasteiger partial charge in [-0.25, -0.2) is 0 Å². The van der Waals surface area contributed by atoms with E-state index in [4.69, 9.17) is 9.26 Å². The number of aromatic nitrogens is 2. The summed E-state index contributed by atoms with van der Waals surface area (Å²) in [5.74, 6) is 1.24. The minimum atomic E-state index is -0.275. The molecule has 0 aliphatic carbocycles. The quantitative estimate of drug-likeness (QED) is 0.694. The summed E-state index contributed by atoms with van der Waals surface area (Å²) < 4.78 is 10.9. The molecular formula is C22H22N4O4. The lowest BCUT2D eigenvalue weighted by Crippen LogP contribution is -2.30. The molecule has 8 nitrogen and oxygen atoms in total. The Morgan fingerprint density at radius 1 is 1.17 bits per heavy atom. The maximum absolute atomic E-state index is 13.1. The van der Waals surface area contributed by atoms with Crippen LogP contribution in [-0.4, -0.2) is 40.5 Å². The zero-order chi connectivity index (χ0) is 21.1. The molecular weight excluding hydrogens is 384 g/mol. The number of para-hydroxylation sites is 1. The minimum Gasteiger partial charge on any atom is -0.496 e. The number of benzene rings is 2. The fourth-order valence-corrected chi connectivity index (χ4v) is 3.64. The van der Waals surface area contributed by atoms with Gasteiger partial charge in [-0.3, -0.25) is 9.59 Å². The normalized spacial score (nSPS) is 15.8. The van der Waals surface area contributed by atoms with E-state index in [1.165, 1.54) is 6.92 Å². The molecule has 2 aromatic carbocycles. The van der Waals surface area contributed by atoms with Gasteiger partial charge in [-0.15, -0.1) is 0 Å². The Morgan fingerprint density at radius 2 is 1.93 bits per heavy atom. The number of nitrogens with zero attached hydrogens (tertiary/aromatic N) is 3. The molecule has 0 unspecified atom stereocenters. The van der Waals surface area contributed by atoms with Crippen LogP contribution in [0.5, 0.6) is 5.75 Å². The van der Waals surface area contributed by atoms with Crippen LogP contribution in [0.3, 0.4) is 0 Å². The van der Waals surface area contributed by atoms with Crippen LogP contribution in [0.1, 0.15) is 42.1 Å². The molecule has 1 N–H and O–H groups in total. The molecule has 1 aromatic heterocycles. The Balaban J connectivity index is 1.55. The lowest BCUT2D eigenvalue weighted by molar-refractivity contribution is -0.114. The van der Waals surface area contributed by atoms with E-state index in [9.17, 15) is 9.59 Å². The predicted molar refractivity (Wildman–Crippen MR) is 110 cm³/mol. The van der Waals surface area contributed by atoms with Gasteiger partial charge in [0.25, 0.3) is 5.91 Å². The third-order valence-corrected chi connectivity index (χ3v) is 5.04. The van der Waals surface area contributed by atoms with Gasteiger partial charge in [0, 0.05) is 24.7 Å². The molecule has 1 saturated heterocycles. The van der Waals surface area contributed by atoms with Crippen LogP contribution in [-0.2, 0) is 4.79 Å². The average Bonchev–Trinajstić information content (AvgIpc) is 3.43. The summed E-state index contributed by atoms with van der Waals surface area (Å²) >= 11 is 0. The second-order valence-corrected chi connectivity index (χ2v) is 7.07. The Bertz CT molecular complexity index is 1060. The van der Waals surface area contributed by atoms with Crippen molar-refractivity contribution in [2.24, 2.45) is 0 Å². The number of methoxy groups -OCH3 is 1. The maximum Gasteiger partial charge on any atom is 0.254 e. The van der Waals surface area contributed by atoms with Crippen molar-refractivity contribution in [2.75, 3.05) is 19.0 Å². The number of carbonyl (C=O) groups is 2. The molecule has 0 saturated carbocycles. The molecule has 1 fully saturated rings. The second kappa shape index (κ2) is 8.36. The van der Waals surface area contributed by atoms with Crippen LogP contribution in [0.25, 0.3) is 11.4 Å². The molecule has 2 heterocycles. The molecule has 3 aromatic rings. The Hall–Kier alpha value is -3.68. The van der Waals surface area contributed by atoms with Crippen molar-refractivity contribution in [3.05, 3.63) is 60.0 Å². The molecule has 0 radical (unpaired) electrons. The third-order valence-electron chi connectivity index (χ3n) is 5.04. The first-order valence-electron chi connectivity index (χ1n) is 9.72. The summed E-state index contributed by atoms with van der Waals surface area (Å²) in [6.07, 6.45) is 1.61. The first kappa shape index (κ1) is 19.6. The van der Waals surface area contributed by atoms with Gasteiger partial charge in [-0.2, -0.15) is 4.98 Å². The van der Waals surface area contributed by atoms with E-state index >= 15 is 0 Å². The van der Waals surface area contributed by atoms with Crippen molar-refractivity contribution in [2.45, 2.75) is 25.8 Å². The zero-order valence-electron chi connectivity index (χ0n) is 16.8. The molecule has 4 rings (SSSR count). The van der Waals surface area contributed by atoms with Crippen LogP contribution in [0.4, 0.5) is 5.69 Å². The third kappa shape index (κ3) is 3.89. The number of carbonyl (C=O) groups excluding carboxylic acids is 2. The van der Waals surface area contributed by atoms with Crippen molar-refractivity contribution in [1.82, 2.24) is 15.0 Å². The highest BCUT2D eigenvalue weighted by molar-refractivity contribution is 5.95. The van der Waals surface area contributed by atoms with Crippen molar-refractivity contribution < 1.29 is 18.8 Å². The number of anilines is 1. The van der Waals surface area contributed by atoms with Gasteiger partial charge in [0.05, 0.1) is 12.7 Å². The number of nitrogens with one attached hydrogen (secondary N) is 1. The number of rotatable bonds is 5. The summed E-state index contributed by atoms with van der Waals surface area (Å²) in [6, 6.07) is 14.0. The molecule has 0 spiro atoms. The SMILES string of the molecule is COc1ccccc1-c1noc([C@@H]2CCCN2C(=O)c2ccc(NC(C)=O)cc2)n1. The number of hydrogen-bond acceptors (Lipinski definition) is 6. The Labute approximate surface area is 173 Å². The van der Waals surface area contributed by atoms with Gasteiger partial charge in [-0.1, -0.05) is 17.3 Å². The highest BCUT2D eigenvalue weighted by atomic mass is 16.5. The maximum atomic E-state index is 13.1. The fourth-order valence-electron chi connectivity index (χ4n) is 3.64. The van der Waals surface area contributed by atoms with E-state index in [-0.39, 0.29) is 17.9 Å². The predicted octanol–water partition coefficient (Wildman–Crippen LogP) is 3.68. The van der Waals surface area contributed by atoms with Crippen LogP contribution >= 0.6 is 0 Å². The summed E-state index contributed by atoms with van der Waals surface area (Å²) in [5.41, 5.74) is 1.93. The van der Waals surface area contributed by atoms with Crippen LogP contribution in [0, 0.1) is 0 Å². The van der Waals surface area contributed by atoms with E-state index in [1.807, 2.05) is 24.3 Å². The van der Waals surface area contributed by atoms with E-state index in [0.717, 1.165) is 18.4 Å². The van der Waals surface area contributed by atoms with E-state index < -0.39 is 0 Å². The first-order valence-corrected chi connectivity index (χ1v) is 9.72. The van der Waals surface area contributed by atoms with Crippen molar-refractivity contribution >= 4 is 17.5 Å². The summed E-state index contributed by atoms with van der Waals surface area (Å²) in [6.45, 7) is 2.06. The van der Waals surface area contributed by atoms with Gasteiger partial charge in [-0.05, 0) is 49.2 Å². The highest BCUT2D eigenvalue weighted by Gasteiger charge is 2.34. The summed E-state index contributed by atoms with van der Waals surface area (Å²) in [7, 11) is 1.59. The van der Waals surface area contributed by atoms with Crippen molar-refractivity contribution in [3.8, 4) is 17.1 Å². The first-order chi connectivity index (χ1) is 14.6. The highest BCUT2D eigenvalue weighted by Crippen LogP contribution is 2.34. The fraction of sp³-hybridized carbons (Fsp3) is 0.273. The number of hydrogen-bond donors (Lipinski definition) is 1. The van der Waals surface area contributed by atoms with Crippen LogP contribution in [0.2, 0.25) is 0 Å². The molecule has 154 valence electrons. The van der Waals surface area contributed by atoms with Crippen molar-refractivity contribution in [3.63, 3.8) is 0 Å². The van der Waals surface area contributed by atoms with Gasteiger partial charge in [0.15, 0.2) is 0 Å². The molecule has 1 aliphatic rings. The monoisotopic (exact) mass is 406 g/mol. The van der Waals surface area contributed by atoms with Crippen LogP contribution in [0.15, 0.2) is 53.1 Å². The molecule has 30 heavy (non-hydrogen) atoms. The number of amides is 2. The largest absolute Gasteiger partial charge is 0.496 e. The lowest BCUT2D eigenvalue weighted by Gasteiger charge is -2.22. The van der Waals surface area contributed by atoms with Crippen molar-refractivity contribution in [1.29, 1.82) is 0 Å². The average molecular weight is 406 g/mol. The standard InChI is InChI=1S/C22H22N4O4/c1-14(27)23-16-11-9-15(10-12-16)22(28)26-13-5-7-18(26)21-24-20(25-30-21)17-6-3-4-8-19(17)29-2/h3-4,6,8-12,18H,5,7,13H2,1-2H3,(H,23,27)/t18-/m0/s1. The van der Waals surface area contributed by atoms with E-state index in [1.54, 1.807) is 36.3 Å². The second-order valence-electron chi connectivity index (χ2n) is 7.07. The van der Waals surface area contributed by atoms with Gasteiger partial charge < -0.3 is 19.5 Å². The summed E-state index contributed by atoms with van der Waals surface area (Å²) in [4.78, 5) is 30.5. The number of ether oxygens (including phenoxy) is 1. The molecule has 2 amide bonds. The van der Waals surface area contributed by atoms with Crippen LogP contribution < -0.4 is 10.1 Å². The molecule has 1 atom stereocenters. The minimum absolute atomic E-state index is 0.107.